The summed E-state index contributed by atoms with van der Waals surface area (Å²) in [5, 5.41) is 4.88. The number of hydrogen-bond acceptors (Lipinski definition) is 1. The molecule has 0 saturated heterocycles. The lowest BCUT2D eigenvalue weighted by Gasteiger charge is -2.24. The summed E-state index contributed by atoms with van der Waals surface area (Å²) in [7, 11) is 0. The molecule has 0 unspecified atom stereocenters. The van der Waals surface area contributed by atoms with E-state index < -0.39 is 0 Å². The molecule has 0 atom stereocenters. The van der Waals surface area contributed by atoms with Crippen LogP contribution in [-0.2, 0) is 6.54 Å². The second kappa shape index (κ2) is 5.45. The third kappa shape index (κ3) is 2.96. The van der Waals surface area contributed by atoms with Crippen molar-refractivity contribution in [1.29, 1.82) is 0 Å². The van der Waals surface area contributed by atoms with E-state index in [2.05, 4.69) is 77.0 Å². The molecule has 2 nitrogen and oxygen atoms in total. The highest BCUT2D eigenvalue weighted by Crippen LogP contribution is 2.25. The van der Waals surface area contributed by atoms with Crippen molar-refractivity contribution >= 4 is 26.8 Å². The van der Waals surface area contributed by atoms with Gasteiger partial charge in [0.15, 0.2) is 0 Å². The molecule has 1 N–H and O–H groups in total. The van der Waals surface area contributed by atoms with Gasteiger partial charge in [-0.25, -0.2) is 0 Å². The number of benzene rings is 1. The van der Waals surface area contributed by atoms with Crippen molar-refractivity contribution in [2.75, 3.05) is 6.54 Å². The summed E-state index contributed by atoms with van der Waals surface area (Å²) >= 11 is 3.62. The van der Waals surface area contributed by atoms with Crippen molar-refractivity contribution in [2.45, 2.75) is 39.3 Å². The van der Waals surface area contributed by atoms with E-state index in [0.717, 1.165) is 19.5 Å². The number of hydrogen-bond donors (Lipinski definition) is 1. The Hall–Kier alpha value is -0.800. The van der Waals surface area contributed by atoms with Gasteiger partial charge in [0.2, 0.25) is 0 Å². The van der Waals surface area contributed by atoms with Crippen LogP contribution in [0.2, 0.25) is 0 Å². The maximum atomic E-state index is 3.62. The summed E-state index contributed by atoms with van der Waals surface area (Å²) in [5.74, 6) is 0. The fraction of sp³-hybridized carbons (Fsp3) is 0.467. The van der Waals surface area contributed by atoms with Crippen molar-refractivity contribution in [3.05, 3.63) is 34.9 Å². The number of nitrogens with one attached hydrogen (secondary N) is 1. The molecule has 0 aliphatic carbocycles. The van der Waals surface area contributed by atoms with Gasteiger partial charge in [0, 0.05) is 40.2 Å². The van der Waals surface area contributed by atoms with Crippen LogP contribution in [0.4, 0.5) is 0 Å². The average molecular weight is 309 g/mol. The van der Waals surface area contributed by atoms with E-state index in [0.29, 0.717) is 0 Å². The Morgan fingerprint density at radius 2 is 2.00 bits per heavy atom. The van der Waals surface area contributed by atoms with Gasteiger partial charge in [0.1, 0.15) is 0 Å². The van der Waals surface area contributed by atoms with Gasteiger partial charge >= 0.3 is 0 Å². The Kier molecular flexibility index (Phi) is 4.13. The van der Waals surface area contributed by atoms with E-state index in [1.807, 2.05) is 0 Å². The fourth-order valence-electron chi connectivity index (χ4n) is 2.03. The summed E-state index contributed by atoms with van der Waals surface area (Å²) in [6.45, 7) is 8.70. The topological polar surface area (TPSA) is 17.0 Å². The van der Waals surface area contributed by atoms with Crippen molar-refractivity contribution in [1.82, 2.24) is 9.88 Å². The monoisotopic (exact) mass is 308 g/mol. The molecule has 1 heterocycles. The van der Waals surface area contributed by atoms with E-state index in [4.69, 9.17) is 0 Å². The Labute approximate surface area is 118 Å². The molecule has 0 saturated carbocycles. The molecule has 1 aromatic heterocycles. The lowest BCUT2D eigenvalue weighted by molar-refractivity contribution is 0.369. The molecule has 0 radical (unpaired) electrons. The van der Waals surface area contributed by atoms with Crippen LogP contribution in [-0.4, -0.2) is 16.7 Å². The Balaban J connectivity index is 2.09. The molecule has 0 fully saturated rings. The van der Waals surface area contributed by atoms with E-state index >= 15 is 0 Å². The molecule has 18 heavy (non-hydrogen) atoms. The summed E-state index contributed by atoms with van der Waals surface area (Å²) in [5.41, 5.74) is 1.51. The molecular formula is C15H21BrN2. The van der Waals surface area contributed by atoms with Crippen molar-refractivity contribution < 1.29 is 0 Å². The highest BCUT2D eigenvalue weighted by atomic mass is 79.9. The number of rotatable bonds is 5. The van der Waals surface area contributed by atoms with Crippen LogP contribution in [0.5, 0.6) is 0 Å². The van der Waals surface area contributed by atoms with Gasteiger partial charge in [-0.15, -0.1) is 0 Å². The number of fused-ring (bicyclic) bond motifs is 1. The summed E-state index contributed by atoms with van der Waals surface area (Å²) in [6.07, 6.45) is 3.31. The van der Waals surface area contributed by atoms with Crippen LogP contribution in [0.25, 0.3) is 10.9 Å². The maximum absolute atomic E-state index is 3.62. The lowest BCUT2D eigenvalue weighted by Crippen LogP contribution is -2.40. The van der Waals surface area contributed by atoms with Gasteiger partial charge < -0.3 is 9.88 Å². The molecule has 0 aliphatic heterocycles. The SMILES string of the molecule is CCC(C)(C)NCCn1cc(Br)c2ccccc21. The average Bonchev–Trinajstić information content (AvgIpc) is 2.67. The van der Waals surface area contributed by atoms with E-state index in [1.165, 1.54) is 15.4 Å². The van der Waals surface area contributed by atoms with Crippen LogP contribution >= 0.6 is 15.9 Å². The summed E-state index contributed by atoms with van der Waals surface area (Å²) in [6, 6.07) is 8.49. The van der Waals surface area contributed by atoms with Crippen molar-refractivity contribution in [2.24, 2.45) is 0 Å². The predicted molar refractivity (Wildman–Crippen MR) is 82.0 cm³/mol. The van der Waals surface area contributed by atoms with Crippen LogP contribution in [0.15, 0.2) is 34.9 Å². The number of nitrogens with zero attached hydrogens (tertiary/aromatic N) is 1. The van der Waals surface area contributed by atoms with E-state index in [1.54, 1.807) is 0 Å². The second-order valence-corrected chi connectivity index (χ2v) is 6.21. The molecule has 98 valence electrons. The zero-order valence-corrected chi connectivity index (χ0v) is 12.9. The van der Waals surface area contributed by atoms with Crippen molar-refractivity contribution in [3.8, 4) is 0 Å². The van der Waals surface area contributed by atoms with Gasteiger partial charge in [-0.05, 0) is 42.3 Å². The Morgan fingerprint density at radius 1 is 1.28 bits per heavy atom. The summed E-state index contributed by atoms with van der Waals surface area (Å²) < 4.78 is 3.48. The van der Waals surface area contributed by atoms with E-state index in [-0.39, 0.29) is 5.54 Å². The van der Waals surface area contributed by atoms with Gasteiger partial charge in [0.05, 0.1) is 0 Å². The first-order valence-electron chi connectivity index (χ1n) is 6.52. The first-order chi connectivity index (χ1) is 8.53. The Bertz CT molecular complexity index is 528. The molecular weight excluding hydrogens is 288 g/mol. The number of aromatic nitrogens is 1. The van der Waals surface area contributed by atoms with Gasteiger partial charge in [-0.2, -0.15) is 0 Å². The van der Waals surface area contributed by atoms with Gasteiger partial charge in [0.25, 0.3) is 0 Å². The third-order valence-corrected chi connectivity index (χ3v) is 4.21. The first-order valence-corrected chi connectivity index (χ1v) is 7.31. The highest BCUT2D eigenvalue weighted by Gasteiger charge is 2.13. The molecule has 0 amide bonds. The Morgan fingerprint density at radius 3 is 2.72 bits per heavy atom. The minimum atomic E-state index is 0.222. The maximum Gasteiger partial charge on any atom is 0.0492 e. The molecule has 2 rings (SSSR count). The first kappa shape index (κ1) is 13.6. The van der Waals surface area contributed by atoms with Gasteiger partial charge in [-0.1, -0.05) is 25.1 Å². The summed E-state index contributed by atoms with van der Waals surface area (Å²) in [4.78, 5) is 0. The van der Waals surface area contributed by atoms with Crippen LogP contribution in [0, 0.1) is 0 Å². The third-order valence-electron chi connectivity index (χ3n) is 3.58. The molecule has 0 bridgehead atoms. The standard InChI is InChI=1S/C15H21BrN2/c1-4-15(2,3)17-9-10-18-11-13(16)12-7-5-6-8-14(12)18/h5-8,11,17H,4,9-10H2,1-3H3. The van der Waals surface area contributed by atoms with Gasteiger partial charge in [-0.3, -0.25) is 0 Å². The molecule has 0 aliphatic rings. The minimum Gasteiger partial charge on any atom is -0.345 e. The molecule has 1 aromatic carbocycles. The zero-order valence-electron chi connectivity index (χ0n) is 11.3. The fourth-order valence-corrected chi connectivity index (χ4v) is 2.61. The normalized spacial score (nSPS) is 12.2. The number of halogens is 1. The second-order valence-electron chi connectivity index (χ2n) is 5.35. The smallest absolute Gasteiger partial charge is 0.0492 e. The largest absolute Gasteiger partial charge is 0.345 e. The molecule has 3 heteroatoms. The van der Waals surface area contributed by atoms with Crippen LogP contribution in [0.3, 0.4) is 0 Å². The predicted octanol–water partition coefficient (Wildman–Crippen LogP) is 4.18. The van der Waals surface area contributed by atoms with Crippen molar-refractivity contribution in [3.63, 3.8) is 0 Å². The quantitative estimate of drug-likeness (QED) is 0.876. The highest BCUT2D eigenvalue weighted by molar-refractivity contribution is 9.10. The molecule has 2 aromatic rings. The van der Waals surface area contributed by atoms with E-state index in [9.17, 15) is 0 Å². The van der Waals surface area contributed by atoms with Crippen LogP contribution in [0.1, 0.15) is 27.2 Å². The lowest BCUT2D eigenvalue weighted by atomic mass is 10.0. The zero-order chi connectivity index (χ0) is 13.2. The number of para-hydroxylation sites is 1. The minimum absolute atomic E-state index is 0.222. The molecule has 0 spiro atoms. The van der Waals surface area contributed by atoms with Crippen LogP contribution < -0.4 is 5.32 Å².